The molecule has 0 aliphatic carbocycles. The minimum absolute atomic E-state index is 0.0405. The van der Waals surface area contributed by atoms with Crippen LogP contribution >= 0.6 is 11.8 Å². The van der Waals surface area contributed by atoms with Crippen molar-refractivity contribution in [2.24, 2.45) is 0 Å². The molecule has 0 aliphatic rings. The number of hydrogen-bond donors (Lipinski definition) is 1. The van der Waals surface area contributed by atoms with Gasteiger partial charge < -0.3 is 14.8 Å². The van der Waals surface area contributed by atoms with Gasteiger partial charge in [0, 0.05) is 12.2 Å². The lowest BCUT2D eigenvalue weighted by Gasteiger charge is -2.12. The SMILES string of the molecule is CCOc1ccc(CCNC(=O)CSc2nnc(C)n2-c2ccccc2)cc1OCC. The van der Waals surface area contributed by atoms with Gasteiger partial charge in [0.2, 0.25) is 5.91 Å². The van der Waals surface area contributed by atoms with Crippen molar-refractivity contribution in [1.82, 2.24) is 20.1 Å². The molecule has 0 fully saturated rings. The summed E-state index contributed by atoms with van der Waals surface area (Å²) < 4.78 is 13.2. The number of aromatic nitrogens is 3. The molecule has 3 aromatic rings. The molecule has 1 N–H and O–H groups in total. The van der Waals surface area contributed by atoms with Gasteiger partial charge in [0.25, 0.3) is 0 Å². The Morgan fingerprint density at radius 3 is 2.52 bits per heavy atom. The number of para-hydroxylation sites is 1. The van der Waals surface area contributed by atoms with Crippen LogP contribution in [0.5, 0.6) is 11.5 Å². The van der Waals surface area contributed by atoms with E-state index in [0.717, 1.165) is 28.6 Å². The molecular formula is C23H28N4O3S. The maximum absolute atomic E-state index is 12.3. The van der Waals surface area contributed by atoms with Crippen molar-refractivity contribution in [2.75, 3.05) is 25.5 Å². The molecule has 7 nitrogen and oxygen atoms in total. The first-order valence-electron chi connectivity index (χ1n) is 10.4. The third-order valence-corrected chi connectivity index (χ3v) is 5.41. The average Bonchev–Trinajstić information content (AvgIpc) is 3.15. The summed E-state index contributed by atoms with van der Waals surface area (Å²) in [4.78, 5) is 12.3. The fraction of sp³-hybridized carbons (Fsp3) is 0.348. The average molecular weight is 441 g/mol. The van der Waals surface area contributed by atoms with Gasteiger partial charge in [-0.05, 0) is 57.0 Å². The number of ether oxygens (including phenoxy) is 2. The molecule has 1 aromatic heterocycles. The number of carbonyl (C=O) groups is 1. The smallest absolute Gasteiger partial charge is 0.230 e. The number of rotatable bonds is 11. The first-order chi connectivity index (χ1) is 15.1. The van der Waals surface area contributed by atoms with Crippen LogP contribution in [-0.4, -0.2) is 46.2 Å². The van der Waals surface area contributed by atoms with Gasteiger partial charge in [0.05, 0.1) is 19.0 Å². The zero-order valence-corrected chi connectivity index (χ0v) is 18.9. The molecule has 31 heavy (non-hydrogen) atoms. The van der Waals surface area contributed by atoms with Gasteiger partial charge in [-0.3, -0.25) is 9.36 Å². The summed E-state index contributed by atoms with van der Waals surface area (Å²) in [6.45, 7) is 7.50. The van der Waals surface area contributed by atoms with E-state index in [-0.39, 0.29) is 11.7 Å². The van der Waals surface area contributed by atoms with Crippen LogP contribution in [0.15, 0.2) is 53.7 Å². The third-order valence-electron chi connectivity index (χ3n) is 4.49. The van der Waals surface area contributed by atoms with Crippen molar-refractivity contribution in [2.45, 2.75) is 32.3 Å². The molecule has 0 bridgehead atoms. The number of amides is 1. The van der Waals surface area contributed by atoms with E-state index < -0.39 is 0 Å². The van der Waals surface area contributed by atoms with Crippen LogP contribution in [0.1, 0.15) is 25.2 Å². The number of carbonyl (C=O) groups excluding carboxylic acids is 1. The maximum atomic E-state index is 12.3. The van der Waals surface area contributed by atoms with Crippen molar-refractivity contribution in [3.8, 4) is 17.2 Å². The molecule has 1 amide bonds. The summed E-state index contributed by atoms with van der Waals surface area (Å²) >= 11 is 1.37. The molecule has 3 rings (SSSR count). The molecular weight excluding hydrogens is 412 g/mol. The Balaban J connectivity index is 1.51. The standard InChI is InChI=1S/C23H28N4O3S/c1-4-29-20-12-11-18(15-21(20)30-5-2)13-14-24-22(28)16-31-23-26-25-17(3)27(23)19-9-7-6-8-10-19/h6-12,15H,4-5,13-14,16H2,1-3H3,(H,24,28). The lowest BCUT2D eigenvalue weighted by Crippen LogP contribution is -2.27. The van der Waals surface area contributed by atoms with Crippen molar-refractivity contribution < 1.29 is 14.3 Å². The summed E-state index contributed by atoms with van der Waals surface area (Å²) in [5.74, 6) is 2.50. The number of thioether (sulfide) groups is 1. The molecule has 0 saturated carbocycles. The van der Waals surface area contributed by atoms with Gasteiger partial charge in [-0.2, -0.15) is 0 Å². The van der Waals surface area contributed by atoms with E-state index >= 15 is 0 Å². The van der Waals surface area contributed by atoms with Gasteiger partial charge >= 0.3 is 0 Å². The zero-order valence-electron chi connectivity index (χ0n) is 18.1. The fourth-order valence-corrected chi connectivity index (χ4v) is 3.92. The second-order valence-electron chi connectivity index (χ2n) is 6.74. The predicted octanol–water partition coefficient (Wildman–Crippen LogP) is 3.82. The lowest BCUT2D eigenvalue weighted by molar-refractivity contribution is -0.118. The molecule has 8 heteroatoms. The number of benzene rings is 2. The first kappa shape index (κ1) is 22.7. The third kappa shape index (κ3) is 6.24. The summed E-state index contributed by atoms with van der Waals surface area (Å²) in [5, 5.41) is 12.0. The number of hydrogen-bond acceptors (Lipinski definition) is 6. The van der Waals surface area contributed by atoms with Crippen LogP contribution < -0.4 is 14.8 Å². The predicted molar refractivity (Wildman–Crippen MR) is 122 cm³/mol. The molecule has 0 spiro atoms. The number of nitrogens with zero attached hydrogens (tertiary/aromatic N) is 3. The van der Waals surface area contributed by atoms with Crippen LogP contribution in [0.25, 0.3) is 5.69 Å². The van der Waals surface area contributed by atoms with E-state index in [1.54, 1.807) is 0 Å². The van der Waals surface area contributed by atoms with E-state index in [9.17, 15) is 4.79 Å². The van der Waals surface area contributed by atoms with Crippen molar-refractivity contribution in [1.29, 1.82) is 0 Å². The molecule has 0 aliphatic heterocycles. The molecule has 164 valence electrons. The Morgan fingerprint density at radius 1 is 1.03 bits per heavy atom. The summed E-state index contributed by atoms with van der Waals surface area (Å²) in [6, 6.07) is 15.8. The van der Waals surface area contributed by atoms with Crippen LogP contribution in [0, 0.1) is 6.92 Å². The summed E-state index contributed by atoms with van der Waals surface area (Å²) in [6.07, 6.45) is 0.711. The highest BCUT2D eigenvalue weighted by atomic mass is 32.2. The molecule has 0 unspecified atom stereocenters. The number of nitrogens with one attached hydrogen (secondary N) is 1. The normalized spacial score (nSPS) is 10.7. The van der Waals surface area contributed by atoms with Crippen LogP contribution in [0.3, 0.4) is 0 Å². The molecule has 1 heterocycles. The Hall–Kier alpha value is -3.00. The Labute approximate surface area is 187 Å². The van der Waals surface area contributed by atoms with Gasteiger partial charge in [0.15, 0.2) is 16.7 Å². The van der Waals surface area contributed by atoms with Gasteiger partial charge in [0.1, 0.15) is 5.82 Å². The molecule has 0 saturated heterocycles. The van der Waals surface area contributed by atoms with Crippen molar-refractivity contribution in [3.63, 3.8) is 0 Å². The van der Waals surface area contributed by atoms with E-state index in [1.165, 1.54) is 11.8 Å². The lowest BCUT2D eigenvalue weighted by atomic mass is 10.1. The summed E-state index contributed by atoms with van der Waals surface area (Å²) in [5.41, 5.74) is 2.06. The second-order valence-corrected chi connectivity index (χ2v) is 7.68. The minimum Gasteiger partial charge on any atom is -0.490 e. The highest BCUT2D eigenvalue weighted by Crippen LogP contribution is 2.28. The number of aryl methyl sites for hydroxylation is 1. The van der Waals surface area contributed by atoms with E-state index in [1.807, 2.05) is 73.9 Å². The zero-order chi connectivity index (χ0) is 22.1. The summed E-state index contributed by atoms with van der Waals surface area (Å²) in [7, 11) is 0. The van der Waals surface area contributed by atoms with Crippen molar-refractivity contribution >= 4 is 17.7 Å². The minimum atomic E-state index is -0.0405. The quantitative estimate of drug-likeness (QED) is 0.457. The largest absolute Gasteiger partial charge is 0.490 e. The highest BCUT2D eigenvalue weighted by Gasteiger charge is 2.13. The monoisotopic (exact) mass is 440 g/mol. The Kier molecular flexibility index (Phi) is 8.35. The van der Waals surface area contributed by atoms with E-state index in [0.29, 0.717) is 31.3 Å². The topological polar surface area (TPSA) is 78.3 Å². The Morgan fingerprint density at radius 2 is 1.77 bits per heavy atom. The van der Waals surface area contributed by atoms with Crippen molar-refractivity contribution in [3.05, 3.63) is 59.9 Å². The second kappa shape index (κ2) is 11.4. The van der Waals surface area contributed by atoms with E-state index in [4.69, 9.17) is 9.47 Å². The van der Waals surface area contributed by atoms with Crippen LogP contribution in [0.4, 0.5) is 0 Å². The van der Waals surface area contributed by atoms with E-state index in [2.05, 4.69) is 15.5 Å². The molecule has 2 aromatic carbocycles. The highest BCUT2D eigenvalue weighted by molar-refractivity contribution is 7.99. The first-order valence-corrected chi connectivity index (χ1v) is 11.4. The fourth-order valence-electron chi connectivity index (χ4n) is 3.09. The maximum Gasteiger partial charge on any atom is 0.230 e. The molecule has 0 radical (unpaired) electrons. The molecule has 0 atom stereocenters. The van der Waals surface area contributed by atoms with Gasteiger partial charge in [-0.1, -0.05) is 36.0 Å². The Bertz CT molecular complexity index is 992. The van der Waals surface area contributed by atoms with Gasteiger partial charge in [-0.15, -0.1) is 10.2 Å². The van der Waals surface area contributed by atoms with Crippen LogP contribution in [-0.2, 0) is 11.2 Å². The van der Waals surface area contributed by atoms with Crippen LogP contribution in [0.2, 0.25) is 0 Å². The van der Waals surface area contributed by atoms with Gasteiger partial charge in [-0.25, -0.2) is 0 Å².